The predicted molar refractivity (Wildman–Crippen MR) is 97.9 cm³/mol. The van der Waals surface area contributed by atoms with Gasteiger partial charge in [0.25, 0.3) is 0 Å². The molecular weight excluding hydrogens is 348 g/mol. The van der Waals surface area contributed by atoms with E-state index in [9.17, 15) is 14.4 Å². The van der Waals surface area contributed by atoms with Crippen LogP contribution in [0.4, 0.5) is 0 Å². The third kappa shape index (κ3) is 3.49. The number of hydrogen-bond acceptors (Lipinski definition) is 5. The summed E-state index contributed by atoms with van der Waals surface area (Å²) in [7, 11) is 3.26. The molecule has 144 valence electrons. The van der Waals surface area contributed by atoms with Crippen LogP contribution in [-0.4, -0.2) is 61.6 Å². The highest BCUT2D eigenvalue weighted by molar-refractivity contribution is 5.87. The van der Waals surface area contributed by atoms with Gasteiger partial charge in [-0.25, -0.2) is 9.48 Å². The molecule has 1 aliphatic heterocycles. The van der Waals surface area contributed by atoms with E-state index in [0.29, 0.717) is 18.9 Å². The number of hydrogen-bond donors (Lipinski definition) is 0. The van der Waals surface area contributed by atoms with E-state index in [1.807, 2.05) is 26.0 Å². The highest BCUT2D eigenvalue weighted by Crippen LogP contribution is 2.26. The smallest absolute Gasteiger partial charge is 0.346 e. The third-order valence-electron chi connectivity index (χ3n) is 4.91. The topological polar surface area (TPSA) is 93.3 Å². The van der Waals surface area contributed by atoms with E-state index in [0.717, 1.165) is 10.2 Å². The summed E-state index contributed by atoms with van der Waals surface area (Å²) in [5, 5.41) is 4.27. The minimum Gasteiger partial charge on any atom is -0.347 e. The quantitative estimate of drug-likeness (QED) is 0.744. The van der Waals surface area contributed by atoms with Crippen LogP contribution < -0.4 is 5.69 Å². The van der Waals surface area contributed by atoms with Crippen LogP contribution >= 0.6 is 0 Å². The molecule has 0 aliphatic carbocycles. The first-order chi connectivity index (χ1) is 12.7. The molecule has 0 atom stereocenters. The fourth-order valence-corrected chi connectivity index (χ4v) is 3.10. The van der Waals surface area contributed by atoms with Crippen LogP contribution in [0.2, 0.25) is 0 Å². The molecular formula is C18H24N6O3. The van der Waals surface area contributed by atoms with Gasteiger partial charge in [0, 0.05) is 39.6 Å². The van der Waals surface area contributed by atoms with Crippen LogP contribution in [0.15, 0.2) is 29.3 Å². The van der Waals surface area contributed by atoms with Crippen molar-refractivity contribution in [1.82, 2.24) is 29.1 Å². The van der Waals surface area contributed by atoms with Gasteiger partial charge in [-0.15, -0.1) is 0 Å². The molecule has 0 saturated carbocycles. The number of rotatable bonds is 4. The van der Waals surface area contributed by atoms with Gasteiger partial charge in [-0.1, -0.05) is 6.07 Å². The van der Waals surface area contributed by atoms with Crippen LogP contribution in [-0.2, 0) is 34.6 Å². The Morgan fingerprint density at radius 2 is 2.00 bits per heavy atom. The molecule has 0 saturated heterocycles. The SMILES string of the molecule is CN(C)C(=O)Cn1nc2n(c1=O)CCN(C(=O)C(C)(C)c1cccnc1)C2. The summed E-state index contributed by atoms with van der Waals surface area (Å²) >= 11 is 0. The van der Waals surface area contributed by atoms with Crippen LogP contribution in [0.5, 0.6) is 0 Å². The monoisotopic (exact) mass is 372 g/mol. The molecule has 2 aromatic heterocycles. The van der Waals surface area contributed by atoms with Crippen LogP contribution in [0, 0.1) is 0 Å². The van der Waals surface area contributed by atoms with E-state index in [-0.39, 0.29) is 30.6 Å². The average Bonchev–Trinajstić information content (AvgIpc) is 2.96. The maximum Gasteiger partial charge on any atom is 0.346 e. The molecule has 0 N–H and O–H groups in total. The lowest BCUT2D eigenvalue weighted by atomic mass is 9.84. The minimum atomic E-state index is -0.736. The van der Waals surface area contributed by atoms with Gasteiger partial charge >= 0.3 is 5.69 Å². The van der Waals surface area contributed by atoms with Gasteiger partial charge < -0.3 is 9.80 Å². The molecule has 1 aliphatic rings. The summed E-state index contributed by atoms with van der Waals surface area (Å²) in [5.74, 6) is 0.236. The standard InChI is InChI=1S/C18H24N6O3/c1-18(2,13-6-5-7-19-10-13)16(26)22-8-9-23-14(11-22)20-24(17(23)27)12-15(25)21(3)4/h5-7,10H,8-9,11-12H2,1-4H3. The molecule has 3 rings (SSSR count). The molecule has 9 nitrogen and oxygen atoms in total. The average molecular weight is 372 g/mol. The molecule has 0 aromatic carbocycles. The molecule has 9 heteroatoms. The van der Waals surface area contributed by atoms with Crippen molar-refractivity contribution in [2.75, 3.05) is 20.6 Å². The maximum absolute atomic E-state index is 13.1. The number of nitrogens with zero attached hydrogens (tertiary/aromatic N) is 6. The van der Waals surface area contributed by atoms with Gasteiger partial charge in [-0.3, -0.25) is 19.1 Å². The lowest BCUT2D eigenvalue weighted by molar-refractivity contribution is -0.138. The number of fused-ring (bicyclic) bond motifs is 1. The Bertz CT molecular complexity index is 913. The third-order valence-corrected chi connectivity index (χ3v) is 4.91. The van der Waals surface area contributed by atoms with Crippen molar-refractivity contribution in [2.24, 2.45) is 0 Å². The Labute approximate surface area is 157 Å². The van der Waals surface area contributed by atoms with Crippen molar-refractivity contribution in [3.63, 3.8) is 0 Å². The Hall–Kier alpha value is -2.97. The van der Waals surface area contributed by atoms with Crippen molar-refractivity contribution in [3.05, 3.63) is 46.4 Å². The van der Waals surface area contributed by atoms with Crippen LogP contribution in [0.3, 0.4) is 0 Å². The minimum absolute atomic E-state index is 0.0480. The van der Waals surface area contributed by atoms with Gasteiger partial charge in [-0.2, -0.15) is 5.10 Å². The predicted octanol–water partition coefficient (Wildman–Crippen LogP) is -0.152. The first kappa shape index (κ1) is 18.8. The lowest BCUT2D eigenvalue weighted by Gasteiger charge is -2.34. The molecule has 0 unspecified atom stereocenters. The van der Waals surface area contributed by atoms with Gasteiger partial charge in [0.05, 0.1) is 12.0 Å². The summed E-state index contributed by atoms with van der Waals surface area (Å²) in [4.78, 5) is 44.7. The van der Waals surface area contributed by atoms with Crippen molar-refractivity contribution in [1.29, 1.82) is 0 Å². The van der Waals surface area contributed by atoms with Crippen LogP contribution in [0.1, 0.15) is 25.2 Å². The largest absolute Gasteiger partial charge is 0.347 e. The van der Waals surface area contributed by atoms with E-state index in [4.69, 9.17) is 0 Å². The Balaban J connectivity index is 1.81. The number of amides is 2. The molecule has 2 aromatic rings. The summed E-state index contributed by atoms with van der Waals surface area (Å²) in [6.07, 6.45) is 3.37. The van der Waals surface area contributed by atoms with Crippen LogP contribution in [0.25, 0.3) is 0 Å². The molecule has 2 amide bonds. The normalized spacial score (nSPS) is 14.0. The summed E-state index contributed by atoms with van der Waals surface area (Å²) in [6, 6.07) is 3.69. The van der Waals surface area contributed by atoms with Gasteiger partial charge in [0.2, 0.25) is 11.8 Å². The molecule has 0 radical (unpaired) electrons. The Morgan fingerprint density at radius 1 is 1.26 bits per heavy atom. The molecule has 3 heterocycles. The number of carbonyl (C=O) groups excluding carboxylic acids is 2. The maximum atomic E-state index is 13.1. The zero-order chi connectivity index (χ0) is 19.8. The van der Waals surface area contributed by atoms with Gasteiger partial charge in [0.1, 0.15) is 6.54 Å². The number of carbonyl (C=O) groups is 2. The summed E-state index contributed by atoms with van der Waals surface area (Å²) in [6.45, 7) is 4.63. The molecule has 27 heavy (non-hydrogen) atoms. The number of aromatic nitrogens is 4. The fourth-order valence-electron chi connectivity index (χ4n) is 3.10. The Kier molecular flexibility index (Phi) is 4.86. The first-order valence-electron chi connectivity index (χ1n) is 8.78. The van der Waals surface area contributed by atoms with E-state index in [1.54, 1.807) is 31.4 Å². The Morgan fingerprint density at radius 3 is 2.63 bits per heavy atom. The zero-order valence-corrected chi connectivity index (χ0v) is 16.0. The highest BCUT2D eigenvalue weighted by Gasteiger charge is 2.36. The van der Waals surface area contributed by atoms with Gasteiger partial charge in [-0.05, 0) is 25.5 Å². The van der Waals surface area contributed by atoms with Gasteiger partial charge in [0.15, 0.2) is 5.82 Å². The highest BCUT2D eigenvalue weighted by atomic mass is 16.2. The number of pyridine rings is 1. The van der Waals surface area contributed by atoms with E-state index < -0.39 is 5.41 Å². The summed E-state index contributed by atoms with van der Waals surface area (Å²) < 4.78 is 2.70. The zero-order valence-electron chi connectivity index (χ0n) is 16.0. The molecule has 0 fully saturated rings. The fraction of sp³-hybridized carbons (Fsp3) is 0.500. The van der Waals surface area contributed by atoms with Crippen molar-refractivity contribution in [3.8, 4) is 0 Å². The van der Waals surface area contributed by atoms with Crippen molar-refractivity contribution in [2.45, 2.75) is 38.9 Å². The molecule has 0 spiro atoms. The summed E-state index contributed by atoms with van der Waals surface area (Å²) in [5.41, 5.74) is -0.223. The second-order valence-corrected chi connectivity index (χ2v) is 7.39. The van der Waals surface area contributed by atoms with E-state index >= 15 is 0 Å². The lowest BCUT2D eigenvalue weighted by Crippen LogP contribution is -2.47. The van der Waals surface area contributed by atoms with E-state index in [2.05, 4.69) is 10.1 Å². The molecule has 0 bridgehead atoms. The van der Waals surface area contributed by atoms with Crippen molar-refractivity contribution >= 4 is 11.8 Å². The van der Waals surface area contributed by atoms with E-state index in [1.165, 1.54) is 9.47 Å². The number of likely N-dealkylation sites (N-methyl/N-ethyl adjacent to an activating group) is 1. The second kappa shape index (κ2) is 6.98. The van der Waals surface area contributed by atoms with Crippen molar-refractivity contribution < 1.29 is 9.59 Å². The first-order valence-corrected chi connectivity index (χ1v) is 8.78. The second-order valence-electron chi connectivity index (χ2n) is 7.39.